The van der Waals surface area contributed by atoms with Crippen LogP contribution in [0.3, 0.4) is 0 Å². The van der Waals surface area contributed by atoms with Crippen LogP contribution in [0.4, 0.5) is 5.82 Å². The molecule has 1 atom stereocenters. The first-order valence-electron chi connectivity index (χ1n) is 6.23. The van der Waals surface area contributed by atoms with Gasteiger partial charge in [-0.2, -0.15) is 11.8 Å². The van der Waals surface area contributed by atoms with Crippen LogP contribution in [-0.4, -0.2) is 39.1 Å². The minimum atomic E-state index is -0.897. The van der Waals surface area contributed by atoms with E-state index in [-0.39, 0.29) is 0 Å². The van der Waals surface area contributed by atoms with Crippen molar-refractivity contribution in [3.05, 3.63) is 17.7 Å². The third-order valence-corrected chi connectivity index (χ3v) is 3.81. The Morgan fingerprint density at radius 3 is 2.90 bits per heavy atom. The van der Waals surface area contributed by atoms with Gasteiger partial charge in [0.25, 0.3) is 0 Å². The molecular formula is C13H17N3O3S. The smallest absolute Gasteiger partial charge is 0.326 e. The summed E-state index contributed by atoms with van der Waals surface area (Å²) in [6.45, 7) is 3.77. The Hall–Kier alpha value is -1.76. The summed E-state index contributed by atoms with van der Waals surface area (Å²) in [6.07, 6.45) is 3.88. The van der Waals surface area contributed by atoms with Gasteiger partial charge in [-0.3, -0.25) is 0 Å². The van der Waals surface area contributed by atoms with Gasteiger partial charge >= 0.3 is 5.97 Å². The lowest BCUT2D eigenvalue weighted by Gasteiger charge is -2.14. The van der Waals surface area contributed by atoms with Gasteiger partial charge in [0.15, 0.2) is 11.4 Å². The quantitative estimate of drug-likeness (QED) is 0.846. The maximum absolute atomic E-state index is 11.3. The van der Waals surface area contributed by atoms with Crippen molar-refractivity contribution < 1.29 is 14.3 Å². The van der Waals surface area contributed by atoms with E-state index in [9.17, 15) is 9.90 Å². The van der Waals surface area contributed by atoms with Crippen molar-refractivity contribution in [2.45, 2.75) is 26.3 Å². The van der Waals surface area contributed by atoms with Gasteiger partial charge in [-0.25, -0.2) is 14.8 Å². The molecule has 2 aromatic heterocycles. The van der Waals surface area contributed by atoms with Crippen LogP contribution < -0.4 is 5.32 Å². The van der Waals surface area contributed by atoms with Crippen molar-refractivity contribution in [2.75, 3.05) is 17.3 Å². The molecule has 7 heteroatoms. The molecule has 2 rings (SSSR count). The number of carboxylic acids is 1. The standard InChI is InChI=1S/C13H17N3O3S/c1-7-8(2)19-11-10(7)14-6-15-12(11)16-9(13(17)18)4-5-20-3/h6,9H,4-5H2,1-3H3,(H,17,18)(H,14,15,16). The molecule has 0 saturated carbocycles. The van der Waals surface area contributed by atoms with Gasteiger partial charge in [0.1, 0.15) is 23.6 Å². The lowest BCUT2D eigenvalue weighted by atomic mass is 10.2. The molecule has 0 bridgehead atoms. The molecule has 108 valence electrons. The Morgan fingerprint density at radius 2 is 2.25 bits per heavy atom. The van der Waals surface area contributed by atoms with E-state index in [1.54, 1.807) is 11.8 Å². The van der Waals surface area contributed by atoms with E-state index in [1.807, 2.05) is 20.1 Å². The fourth-order valence-corrected chi connectivity index (χ4v) is 2.37. The number of hydrogen-bond acceptors (Lipinski definition) is 6. The topological polar surface area (TPSA) is 88.3 Å². The van der Waals surface area contributed by atoms with Gasteiger partial charge in [0.05, 0.1) is 0 Å². The van der Waals surface area contributed by atoms with E-state index in [0.29, 0.717) is 23.3 Å². The summed E-state index contributed by atoms with van der Waals surface area (Å²) in [5.74, 6) is 1.05. The van der Waals surface area contributed by atoms with Gasteiger partial charge in [0.2, 0.25) is 0 Å². The molecule has 20 heavy (non-hydrogen) atoms. The molecule has 2 aromatic rings. The summed E-state index contributed by atoms with van der Waals surface area (Å²) in [5, 5.41) is 12.2. The summed E-state index contributed by atoms with van der Waals surface area (Å²) >= 11 is 1.61. The molecule has 2 heterocycles. The second-order valence-corrected chi connectivity index (χ2v) is 5.49. The van der Waals surface area contributed by atoms with Crippen LogP contribution in [0.2, 0.25) is 0 Å². The van der Waals surface area contributed by atoms with Crippen molar-refractivity contribution >= 4 is 34.6 Å². The first-order chi connectivity index (χ1) is 9.54. The first-order valence-corrected chi connectivity index (χ1v) is 7.63. The Morgan fingerprint density at radius 1 is 1.50 bits per heavy atom. The zero-order valence-corrected chi connectivity index (χ0v) is 12.5. The molecule has 0 saturated heterocycles. The Balaban J connectivity index is 2.32. The van der Waals surface area contributed by atoms with E-state index >= 15 is 0 Å². The SMILES string of the molecule is CSCCC(Nc1ncnc2c(C)c(C)oc12)C(=O)O. The van der Waals surface area contributed by atoms with Crippen molar-refractivity contribution in [1.82, 2.24) is 9.97 Å². The van der Waals surface area contributed by atoms with Gasteiger partial charge in [-0.05, 0) is 32.3 Å². The number of aryl methyl sites for hydroxylation is 2. The van der Waals surface area contributed by atoms with Crippen LogP contribution in [0.5, 0.6) is 0 Å². The fraction of sp³-hybridized carbons (Fsp3) is 0.462. The van der Waals surface area contributed by atoms with Crippen LogP contribution in [0.1, 0.15) is 17.7 Å². The van der Waals surface area contributed by atoms with Gasteiger partial charge in [-0.1, -0.05) is 0 Å². The lowest BCUT2D eigenvalue weighted by Crippen LogP contribution is -2.30. The average Bonchev–Trinajstić information content (AvgIpc) is 2.71. The van der Waals surface area contributed by atoms with Crippen LogP contribution in [-0.2, 0) is 4.79 Å². The predicted octanol–water partition coefficient (Wildman–Crippen LogP) is 2.46. The highest BCUT2D eigenvalue weighted by Gasteiger charge is 2.20. The molecule has 6 nitrogen and oxygen atoms in total. The van der Waals surface area contributed by atoms with Gasteiger partial charge in [-0.15, -0.1) is 0 Å². The van der Waals surface area contributed by atoms with Crippen LogP contribution >= 0.6 is 11.8 Å². The maximum atomic E-state index is 11.3. The molecular weight excluding hydrogens is 278 g/mol. The molecule has 0 aliphatic heterocycles. The number of carboxylic acid groups (broad SMARTS) is 1. The number of nitrogens with zero attached hydrogens (tertiary/aromatic N) is 2. The first kappa shape index (κ1) is 14.6. The number of fused-ring (bicyclic) bond motifs is 1. The maximum Gasteiger partial charge on any atom is 0.326 e. The highest BCUT2D eigenvalue weighted by atomic mass is 32.2. The third-order valence-electron chi connectivity index (χ3n) is 3.16. The largest absolute Gasteiger partial charge is 0.480 e. The zero-order chi connectivity index (χ0) is 14.7. The summed E-state index contributed by atoms with van der Waals surface area (Å²) in [7, 11) is 0. The predicted molar refractivity (Wildman–Crippen MR) is 79.3 cm³/mol. The number of anilines is 1. The molecule has 0 aliphatic rings. The van der Waals surface area contributed by atoms with E-state index in [2.05, 4.69) is 15.3 Å². The highest BCUT2D eigenvalue weighted by Crippen LogP contribution is 2.27. The van der Waals surface area contributed by atoms with E-state index in [4.69, 9.17) is 4.42 Å². The number of hydrogen-bond donors (Lipinski definition) is 2. The number of nitrogens with one attached hydrogen (secondary N) is 1. The number of furan rings is 1. The Bertz CT molecular complexity index is 627. The number of rotatable bonds is 6. The van der Waals surface area contributed by atoms with Crippen LogP contribution in [0.15, 0.2) is 10.7 Å². The minimum Gasteiger partial charge on any atom is -0.480 e. The zero-order valence-electron chi connectivity index (χ0n) is 11.6. The molecule has 0 aliphatic carbocycles. The van der Waals surface area contributed by atoms with Crippen molar-refractivity contribution in [1.29, 1.82) is 0 Å². The van der Waals surface area contributed by atoms with E-state index in [0.717, 1.165) is 17.1 Å². The lowest BCUT2D eigenvalue weighted by molar-refractivity contribution is -0.137. The van der Waals surface area contributed by atoms with E-state index in [1.165, 1.54) is 6.33 Å². The Kier molecular flexibility index (Phi) is 4.49. The Labute approximate surface area is 121 Å². The molecule has 0 fully saturated rings. The number of thioether (sulfide) groups is 1. The van der Waals surface area contributed by atoms with Crippen molar-refractivity contribution in [3.8, 4) is 0 Å². The van der Waals surface area contributed by atoms with Crippen LogP contribution in [0, 0.1) is 13.8 Å². The normalized spacial score (nSPS) is 12.6. The summed E-state index contributed by atoms with van der Waals surface area (Å²) < 4.78 is 5.63. The molecule has 2 N–H and O–H groups in total. The molecule has 1 unspecified atom stereocenters. The number of carbonyl (C=O) groups is 1. The molecule has 0 spiro atoms. The second-order valence-electron chi connectivity index (χ2n) is 4.50. The van der Waals surface area contributed by atoms with Gasteiger partial charge in [0, 0.05) is 5.56 Å². The molecule has 0 amide bonds. The number of aromatic nitrogens is 2. The van der Waals surface area contributed by atoms with Crippen molar-refractivity contribution in [3.63, 3.8) is 0 Å². The van der Waals surface area contributed by atoms with Crippen molar-refractivity contribution in [2.24, 2.45) is 0 Å². The monoisotopic (exact) mass is 295 g/mol. The summed E-state index contributed by atoms with van der Waals surface area (Å²) in [4.78, 5) is 19.6. The molecule has 0 radical (unpaired) electrons. The van der Waals surface area contributed by atoms with Crippen LogP contribution in [0.25, 0.3) is 11.1 Å². The summed E-state index contributed by atoms with van der Waals surface area (Å²) in [6, 6.07) is -0.689. The fourth-order valence-electron chi connectivity index (χ4n) is 1.89. The third kappa shape index (κ3) is 2.87. The number of aliphatic carboxylic acids is 1. The van der Waals surface area contributed by atoms with Gasteiger partial charge < -0.3 is 14.8 Å². The highest BCUT2D eigenvalue weighted by molar-refractivity contribution is 7.98. The second kappa shape index (κ2) is 6.13. The molecule has 0 aromatic carbocycles. The minimum absolute atomic E-state index is 0.430. The van der Waals surface area contributed by atoms with E-state index < -0.39 is 12.0 Å². The average molecular weight is 295 g/mol. The summed E-state index contributed by atoms with van der Waals surface area (Å²) in [5.41, 5.74) is 2.17.